The van der Waals surface area contributed by atoms with Gasteiger partial charge in [0.15, 0.2) is 0 Å². The van der Waals surface area contributed by atoms with Crippen LogP contribution < -0.4 is 0 Å². The van der Waals surface area contributed by atoms with Gasteiger partial charge in [-0.25, -0.2) is 0 Å². The third kappa shape index (κ3) is 8.02. The first-order valence-corrected chi connectivity index (χ1v) is 9.77. The quantitative estimate of drug-likeness (QED) is 0.362. The van der Waals surface area contributed by atoms with Gasteiger partial charge in [-0.2, -0.15) is 0 Å². The number of hydrogen-bond donors (Lipinski definition) is 3. The van der Waals surface area contributed by atoms with Crippen molar-refractivity contribution in [1.29, 1.82) is 0 Å². The molecule has 1 aliphatic carbocycles. The van der Waals surface area contributed by atoms with Crippen LogP contribution in [-0.2, 0) is 9.53 Å². The van der Waals surface area contributed by atoms with Crippen LogP contribution in [0.4, 0.5) is 0 Å². The molecule has 0 aliphatic heterocycles. The summed E-state index contributed by atoms with van der Waals surface area (Å²) in [6.45, 7) is 7.05. The maximum atomic E-state index is 10.5. The summed E-state index contributed by atoms with van der Waals surface area (Å²) in [6, 6.07) is 0. The van der Waals surface area contributed by atoms with Gasteiger partial charge >= 0.3 is 5.97 Å². The van der Waals surface area contributed by atoms with Crippen molar-refractivity contribution in [2.24, 2.45) is 17.3 Å². The number of ether oxygens (including phenoxy) is 1. The van der Waals surface area contributed by atoms with Crippen LogP contribution in [0.15, 0.2) is 24.3 Å². The van der Waals surface area contributed by atoms with Crippen LogP contribution in [0.5, 0.6) is 0 Å². The van der Waals surface area contributed by atoms with E-state index >= 15 is 0 Å². The molecule has 0 aromatic heterocycles. The molecule has 0 aromatic carbocycles. The predicted molar refractivity (Wildman–Crippen MR) is 103 cm³/mol. The molecule has 1 aliphatic rings. The molecule has 150 valence electrons. The summed E-state index contributed by atoms with van der Waals surface area (Å²) < 4.78 is 5.45. The first-order valence-electron chi connectivity index (χ1n) is 9.77. The van der Waals surface area contributed by atoms with Gasteiger partial charge in [0, 0.05) is 18.4 Å². The number of aliphatic hydroxyl groups excluding tert-OH is 2. The van der Waals surface area contributed by atoms with Crippen molar-refractivity contribution in [3.63, 3.8) is 0 Å². The van der Waals surface area contributed by atoms with Crippen molar-refractivity contribution < 1.29 is 24.9 Å². The number of carbonyl (C=O) groups is 1. The first-order chi connectivity index (χ1) is 12.3. The topological polar surface area (TPSA) is 87.0 Å². The minimum atomic E-state index is -0.763. The fourth-order valence-corrected chi connectivity index (χ4v) is 3.35. The van der Waals surface area contributed by atoms with Crippen molar-refractivity contribution in [3.05, 3.63) is 24.3 Å². The number of unbranched alkanes of at least 4 members (excludes halogenated alkanes) is 1. The highest BCUT2D eigenvalue weighted by molar-refractivity contribution is 5.66. The average molecular weight is 369 g/mol. The number of aliphatic hydroxyl groups is 2. The number of aliphatic carboxylic acids is 1. The molecule has 0 radical (unpaired) electrons. The van der Waals surface area contributed by atoms with E-state index in [-0.39, 0.29) is 29.8 Å². The minimum Gasteiger partial charge on any atom is -0.481 e. The van der Waals surface area contributed by atoms with Crippen LogP contribution in [0.2, 0.25) is 0 Å². The summed E-state index contributed by atoms with van der Waals surface area (Å²) in [4.78, 5) is 10.5. The molecule has 3 N–H and O–H groups in total. The van der Waals surface area contributed by atoms with E-state index in [2.05, 4.69) is 12.2 Å². The number of allylic oxidation sites excluding steroid dienone is 3. The molecular weight excluding hydrogens is 332 g/mol. The van der Waals surface area contributed by atoms with Gasteiger partial charge in [0.1, 0.15) is 0 Å². The molecule has 1 fully saturated rings. The first kappa shape index (κ1) is 22.9. The Labute approximate surface area is 157 Å². The van der Waals surface area contributed by atoms with E-state index < -0.39 is 12.1 Å². The van der Waals surface area contributed by atoms with E-state index in [9.17, 15) is 15.0 Å². The van der Waals surface area contributed by atoms with Gasteiger partial charge in [0.25, 0.3) is 0 Å². The van der Waals surface area contributed by atoms with E-state index in [0.29, 0.717) is 19.6 Å². The van der Waals surface area contributed by atoms with Gasteiger partial charge in [-0.1, -0.05) is 38.2 Å². The Morgan fingerprint density at radius 2 is 2.04 bits per heavy atom. The van der Waals surface area contributed by atoms with Gasteiger partial charge in [-0.05, 0) is 50.9 Å². The second kappa shape index (κ2) is 11.5. The largest absolute Gasteiger partial charge is 0.481 e. The van der Waals surface area contributed by atoms with E-state index in [0.717, 1.165) is 25.7 Å². The Morgan fingerprint density at radius 1 is 1.31 bits per heavy atom. The molecule has 0 amide bonds. The van der Waals surface area contributed by atoms with Gasteiger partial charge in [-0.3, -0.25) is 4.79 Å². The molecule has 0 heterocycles. The summed E-state index contributed by atoms with van der Waals surface area (Å²) >= 11 is 0. The van der Waals surface area contributed by atoms with E-state index in [1.807, 2.05) is 32.9 Å². The highest BCUT2D eigenvalue weighted by Crippen LogP contribution is 2.36. The Hall–Kier alpha value is -1.17. The minimum absolute atomic E-state index is 0.157. The molecule has 0 aromatic rings. The van der Waals surface area contributed by atoms with E-state index in [1.165, 1.54) is 0 Å². The summed E-state index contributed by atoms with van der Waals surface area (Å²) in [5.74, 6) is -0.351. The summed E-state index contributed by atoms with van der Waals surface area (Å²) in [7, 11) is 0. The molecule has 5 heteroatoms. The van der Waals surface area contributed by atoms with Crippen molar-refractivity contribution in [2.75, 3.05) is 13.2 Å². The Bertz CT molecular complexity index is 469. The lowest BCUT2D eigenvalue weighted by Crippen LogP contribution is -2.32. The fraction of sp³-hybridized carbons (Fsp3) is 0.762. The number of carboxylic acids is 1. The lowest BCUT2D eigenvalue weighted by atomic mass is 9.85. The molecule has 0 bridgehead atoms. The predicted octanol–water partition coefficient (Wildman–Crippen LogP) is 3.55. The van der Waals surface area contributed by atoms with Crippen molar-refractivity contribution >= 4 is 5.97 Å². The van der Waals surface area contributed by atoms with Gasteiger partial charge in [0.05, 0.1) is 18.8 Å². The standard InChI is InChI=1S/C21H36O5/c1-4-26-15-21(2,3)19(23)14-12-16-11-13-18(22)17(16)9-7-5-6-8-10-20(24)25/h5,7,12,14,16-19,22-23H,4,6,8-11,13,15H2,1-3H3,(H,24,25). The monoisotopic (exact) mass is 368 g/mol. The van der Waals surface area contributed by atoms with E-state index in [1.54, 1.807) is 0 Å². The van der Waals surface area contributed by atoms with Gasteiger partial charge in [0.2, 0.25) is 0 Å². The molecule has 4 unspecified atom stereocenters. The van der Waals surface area contributed by atoms with Crippen LogP contribution in [0.1, 0.15) is 59.3 Å². The lowest BCUT2D eigenvalue weighted by molar-refractivity contribution is -0.137. The maximum absolute atomic E-state index is 10.5. The second-order valence-corrected chi connectivity index (χ2v) is 7.92. The number of rotatable bonds is 12. The van der Waals surface area contributed by atoms with Crippen LogP contribution in [0, 0.1) is 17.3 Å². The van der Waals surface area contributed by atoms with Crippen molar-refractivity contribution in [2.45, 2.75) is 71.5 Å². The molecule has 5 nitrogen and oxygen atoms in total. The normalized spacial score (nSPS) is 25.3. The molecule has 0 saturated heterocycles. The third-order valence-corrected chi connectivity index (χ3v) is 5.20. The molecule has 1 rings (SSSR count). The lowest BCUT2D eigenvalue weighted by Gasteiger charge is -2.28. The molecule has 26 heavy (non-hydrogen) atoms. The number of hydrogen-bond acceptors (Lipinski definition) is 4. The highest BCUT2D eigenvalue weighted by atomic mass is 16.5. The van der Waals surface area contributed by atoms with Gasteiger partial charge in [-0.15, -0.1) is 0 Å². The molecule has 4 atom stereocenters. The Balaban J connectivity index is 2.51. The third-order valence-electron chi connectivity index (χ3n) is 5.20. The van der Waals surface area contributed by atoms with Gasteiger partial charge < -0.3 is 20.1 Å². The number of carboxylic acid groups (broad SMARTS) is 1. The van der Waals surface area contributed by atoms with Crippen LogP contribution >= 0.6 is 0 Å². The Kier molecular flexibility index (Phi) is 10.1. The zero-order valence-corrected chi connectivity index (χ0v) is 16.4. The summed E-state index contributed by atoms with van der Waals surface area (Å²) in [5.41, 5.74) is -0.344. The molecular formula is C21H36O5. The van der Waals surface area contributed by atoms with Crippen LogP contribution in [-0.4, -0.2) is 46.7 Å². The maximum Gasteiger partial charge on any atom is 0.303 e. The highest BCUT2D eigenvalue weighted by Gasteiger charge is 2.33. The van der Waals surface area contributed by atoms with Crippen molar-refractivity contribution in [1.82, 2.24) is 0 Å². The SMILES string of the molecule is CCOCC(C)(C)C(O)C=CC1CCC(O)C1CC=CCCCC(=O)O. The molecule has 1 saturated carbocycles. The average Bonchev–Trinajstić information content (AvgIpc) is 2.93. The fourth-order valence-electron chi connectivity index (χ4n) is 3.35. The zero-order valence-electron chi connectivity index (χ0n) is 16.4. The smallest absolute Gasteiger partial charge is 0.303 e. The zero-order chi connectivity index (χ0) is 19.6. The van der Waals surface area contributed by atoms with Crippen molar-refractivity contribution in [3.8, 4) is 0 Å². The second-order valence-electron chi connectivity index (χ2n) is 7.92. The summed E-state index contributed by atoms with van der Waals surface area (Å²) in [5, 5.41) is 29.3. The van der Waals surface area contributed by atoms with Crippen LogP contribution in [0.3, 0.4) is 0 Å². The molecule has 0 spiro atoms. The van der Waals surface area contributed by atoms with E-state index in [4.69, 9.17) is 9.84 Å². The summed E-state index contributed by atoms with van der Waals surface area (Å²) in [6.07, 6.45) is 11.1. The Morgan fingerprint density at radius 3 is 2.69 bits per heavy atom. The van der Waals surface area contributed by atoms with Crippen LogP contribution in [0.25, 0.3) is 0 Å².